The van der Waals surface area contributed by atoms with Crippen molar-refractivity contribution in [2.24, 2.45) is 5.92 Å². The highest BCUT2D eigenvalue weighted by molar-refractivity contribution is 7.89. The topological polar surface area (TPSA) is 71.5 Å². The first-order valence-electron chi connectivity index (χ1n) is 13.2. The minimum absolute atomic E-state index is 0.0378. The lowest BCUT2D eigenvalue weighted by Crippen LogP contribution is -2.50. The molecule has 0 spiro atoms. The van der Waals surface area contributed by atoms with Crippen LogP contribution in [0.5, 0.6) is 0 Å². The van der Waals surface area contributed by atoms with Gasteiger partial charge in [-0.05, 0) is 60.5 Å². The van der Waals surface area contributed by atoms with Crippen molar-refractivity contribution in [1.82, 2.24) is 4.31 Å². The first kappa shape index (κ1) is 27.9. The van der Waals surface area contributed by atoms with Crippen LogP contribution in [-0.4, -0.2) is 36.9 Å². The Bertz CT molecular complexity index is 1630. The number of carbonyl (C=O) groups excluding carboxylic acids is 2. The average Bonchev–Trinajstić information content (AvgIpc) is 3.49. The quantitative estimate of drug-likeness (QED) is 0.213. The number of Topliss-reactive ketones (excluding diaryl/α,β-unsaturated/α-hetero) is 2. The standard InChI is InChI=1S/C33H31NO4S2/c1-23-15-17-28(18-16-23)40(37,38)34-22-27(20-24(2)35)32(33(36)30-14-9-19-39-30)31(26-12-7-4-8-13-26)29(34)21-25-10-5-3-6-11-25/h3-19,27,29H,20-22H2,1-2H3/t27-,29-/m0/s1. The van der Waals surface area contributed by atoms with Gasteiger partial charge in [-0.3, -0.25) is 4.79 Å². The van der Waals surface area contributed by atoms with Gasteiger partial charge >= 0.3 is 0 Å². The van der Waals surface area contributed by atoms with Crippen LogP contribution >= 0.6 is 11.3 Å². The zero-order chi connectivity index (χ0) is 28.3. The first-order chi connectivity index (χ1) is 19.3. The van der Waals surface area contributed by atoms with E-state index in [1.807, 2.05) is 79.0 Å². The van der Waals surface area contributed by atoms with E-state index in [1.54, 1.807) is 30.3 Å². The Kier molecular flexibility index (Phi) is 8.26. The van der Waals surface area contributed by atoms with Crippen LogP contribution in [0, 0.1) is 12.8 Å². The number of carbonyl (C=O) groups is 2. The molecule has 2 heterocycles. The molecule has 2 atom stereocenters. The van der Waals surface area contributed by atoms with Crippen molar-refractivity contribution in [2.45, 2.75) is 37.6 Å². The van der Waals surface area contributed by atoms with Gasteiger partial charge in [0, 0.05) is 24.5 Å². The zero-order valence-corrected chi connectivity index (χ0v) is 24.1. The largest absolute Gasteiger partial charge is 0.300 e. The van der Waals surface area contributed by atoms with Crippen LogP contribution in [0.1, 0.15) is 39.7 Å². The minimum Gasteiger partial charge on any atom is -0.300 e. The number of ketones is 2. The molecule has 5 nitrogen and oxygen atoms in total. The molecule has 5 rings (SSSR count). The Labute approximate surface area is 239 Å². The normalized spacial score (nSPS) is 18.1. The molecule has 0 amide bonds. The van der Waals surface area contributed by atoms with E-state index >= 15 is 0 Å². The molecule has 0 bridgehead atoms. The molecule has 4 aromatic rings. The summed E-state index contributed by atoms with van der Waals surface area (Å²) in [4.78, 5) is 27.5. The predicted molar refractivity (Wildman–Crippen MR) is 160 cm³/mol. The Balaban J connectivity index is 1.79. The van der Waals surface area contributed by atoms with Gasteiger partial charge in [0.05, 0.1) is 15.8 Å². The molecular weight excluding hydrogens is 539 g/mol. The molecule has 0 saturated heterocycles. The van der Waals surface area contributed by atoms with Gasteiger partial charge in [0.15, 0.2) is 5.78 Å². The summed E-state index contributed by atoms with van der Waals surface area (Å²) in [5.41, 5.74) is 3.89. The summed E-state index contributed by atoms with van der Waals surface area (Å²) in [6.45, 7) is 3.44. The molecule has 0 fully saturated rings. The van der Waals surface area contributed by atoms with Crippen LogP contribution in [0.4, 0.5) is 0 Å². The lowest BCUT2D eigenvalue weighted by molar-refractivity contribution is -0.117. The maximum Gasteiger partial charge on any atom is 0.243 e. The third-order valence-electron chi connectivity index (χ3n) is 7.29. The lowest BCUT2D eigenvalue weighted by Gasteiger charge is -2.42. The highest BCUT2D eigenvalue weighted by Gasteiger charge is 2.44. The second-order valence-corrected chi connectivity index (χ2v) is 13.0. The highest BCUT2D eigenvalue weighted by Crippen LogP contribution is 2.42. The van der Waals surface area contributed by atoms with Gasteiger partial charge in [-0.15, -0.1) is 11.3 Å². The smallest absolute Gasteiger partial charge is 0.243 e. The lowest BCUT2D eigenvalue weighted by atomic mass is 9.77. The first-order valence-corrected chi connectivity index (χ1v) is 15.6. The Morgan fingerprint density at radius 2 is 1.52 bits per heavy atom. The summed E-state index contributed by atoms with van der Waals surface area (Å²) in [7, 11) is -3.98. The maximum absolute atomic E-state index is 14.3. The molecule has 1 aliphatic heterocycles. The molecule has 3 aromatic carbocycles. The fraction of sp³-hybridized carbons (Fsp3) is 0.212. The number of rotatable bonds is 9. The molecule has 40 heavy (non-hydrogen) atoms. The molecular formula is C33H31NO4S2. The van der Waals surface area contributed by atoms with Crippen molar-refractivity contribution in [3.63, 3.8) is 0 Å². The van der Waals surface area contributed by atoms with Crippen LogP contribution in [-0.2, 0) is 21.2 Å². The molecule has 1 aliphatic rings. The van der Waals surface area contributed by atoms with E-state index < -0.39 is 22.0 Å². The molecule has 0 N–H and O–H groups in total. The molecule has 204 valence electrons. The maximum atomic E-state index is 14.3. The van der Waals surface area contributed by atoms with Crippen molar-refractivity contribution >= 4 is 38.5 Å². The Morgan fingerprint density at radius 3 is 2.12 bits per heavy atom. The third kappa shape index (κ3) is 5.77. The van der Waals surface area contributed by atoms with Gasteiger partial charge in [-0.1, -0.05) is 84.4 Å². The number of hydrogen-bond donors (Lipinski definition) is 0. The summed E-state index contributed by atoms with van der Waals surface area (Å²) in [6.07, 6.45) is 0.449. The summed E-state index contributed by atoms with van der Waals surface area (Å²) in [5, 5.41) is 1.86. The van der Waals surface area contributed by atoms with Gasteiger partial charge in [0.1, 0.15) is 5.78 Å². The zero-order valence-electron chi connectivity index (χ0n) is 22.5. The van der Waals surface area contributed by atoms with Crippen LogP contribution in [0.25, 0.3) is 5.57 Å². The molecule has 0 aliphatic carbocycles. The minimum atomic E-state index is -3.98. The second-order valence-electron chi connectivity index (χ2n) is 10.2. The van der Waals surface area contributed by atoms with Crippen molar-refractivity contribution in [2.75, 3.05) is 6.54 Å². The number of benzene rings is 3. The molecule has 7 heteroatoms. The van der Waals surface area contributed by atoms with Gasteiger partial charge in [-0.25, -0.2) is 8.42 Å². The monoisotopic (exact) mass is 569 g/mol. The van der Waals surface area contributed by atoms with Crippen molar-refractivity contribution in [3.05, 3.63) is 130 Å². The number of nitrogens with zero attached hydrogens (tertiary/aromatic N) is 1. The van der Waals surface area contributed by atoms with Crippen LogP contribution in [0.2, 0.25) is 0 Å². The van der Waals surface area contributed by atoms with Crippen molar-refractivity contribution < 1.29 is 18.0 Å². The van der Waals surface area contributed by atoms with Crippen LogP contribution < -0.4 is 0 Å². The molecule has 1 aromatic heterocycles. The van der Waals surface area contributed by atoms with Crippen LogP contribution in [0.15, 0.2) is 113 Å². The number of sulfonamides is 1. The van der Waals surface area contributed by atoms with Crippen LogP contribution in [0.3, 0.4) is 0 Å². The molecule has 0 radical (unpaired) electrons. The number of aryl methyl sites for hydroxylation is 1. The van der Waals surface area contributed by atoms with E-state index in [0.29, 0.717) is 22.4 Å². The second kappa shape index (κ2) is 11.8. The SMILES string of the molecule is CC(=O)C[C@H]1CN(S(=O)(=O)c2ccc(C)cc2)[C@@H](Cc2ccccc2)C(c2ccccc2)=C1C(=O)c1cccs1. The third-order valence-corrected chi connectivity index (χ3v) is 10.0. The van der Waals surface area contributed by atoms with E-state index in [0.717, 1.165) is 16.7 Å². The fourth-order valence-electron chi connectivity index (χ4n) is 5.46. The van der Waals surface area contributed by atoms with E-state index in [2.05, 4.69) is 0 Å². The average molecular weight is 570 g/mol. The molecule has 0 saturated carbocycles. The van der Waals surface area contributed by atoms with Gasteiger partial charge < -0.3 is 4.79 Å². The number of hydrogen-bond acceptors (Lipinski definition) is 5. The fourth-order valence-corrected chi connectivity index (χ4v) is 7.78. The van der Waals surface area contributed by atoms with E-state index in [-0.39, 0.29) is 29.4 Å². The highest BCUT2D eigenvalue weighted by atomic mass is 32.2. The van der Waals surface area contributed by atoms with Gasteiger partial charge in [0.2, 0.25) is 10.0 Å². The van der Waals surface area contributed by atoms with Gasteiger partial charge in [-0.2, -0.15) is 4.31 Å². The molecule has 0 unspecified atom stereocenters. The summed E-state index contributed by atoms with van der Waals surface area (Å²) in [6, 6.07) is 29.0. The van der Waals surface area contributed by atoms with Gasteiger partial charge in [0.25, 0.3) is 0 Å². The number of thiophene rings is 1. The van der Waals surface area contributed by atoms with E-state index in [9.17, 15) is 18.0 Å². The van der Waals surface area contributed by atoms with Crippen molar-refractivity contribution in [1.29, 1.82) is 0 Å². The Hall–Kier alpha value is -3.65. The summed E-state index contributed by atoms with van der Waals surface area (Å²) >= 11 is 1.35. The predicted octanol–water partition coefficient (Wildman–Crippen LogP) is 6.60. The van der Waals surface area contributed by atoms with E-state index in [4.69, 9.17) is 0 Å². The Morgan fingerprint density at radius 1 is 0.875 bits per heavy atom. The van der Waals surface area contributed by atoms with Crippen molar-refractivity contribution in [3.8, 4) is 0 Å². The van der Waals surface area contributed by atoms with E-state index in [1.165, 1.54) is 22.6 Å². The summed E-state index contributed by atoms with van der Waals surface area (Å²) < 4.78 is 30.2. The summed E-state index contributed by atoms with van der Waals surface area (Å²) in [5.74, 6) is -0.830.